The van der Waals surface area contributed by atoms with Gasteiger partial charge < -0.3 is 0 Å². The quantitative estimate of drug-likeness (QED) is 0.725. The molecule has 0 aliphatic rings. The van der Waals surface area contributed by atoms with E-state index < -0.39 is 15.8 Å². The van der Waals surface area contributed by atoms with Crippen LogP contribution in [0.2, 0.25) is 0 Å². The van der Waals surface area contributed by atoms with Gasteiger partial charge in [-0.15, -0.1) is 0 Å². The lowest BCUT2D eigenvalue weighted by atomic mass is 10.1. The third kappa shape index (κ3) is 2.80. The molecule has 0 atom stereocenters. The number of fused-ring (bicyclic) bond motifs is 1. The highest BCUT2D eigenvalue weighted by molar-refractivity contribution is 7.92. The normalized spacial score (nSPS) is 11.6. The molecule has 0 heterocycles. The van der Waals surface area contributed by atoms with Crippen LogP contribution in [0.4, 0.5) is 10.1 Å². The fourth-order valence-corrected chi connectivity index (χ4v) is 3.95. The van der Waals surface area contributed by atoms with Crippen LogP contribution in [0.15, 0.2) is 65.6 Å². The van der Waals surface area contributed by atoms with Crippen LogP contribution in [0, 0.1) is 12.7 Å². The van der Waals surface area contributed by atoms with Crippen molar-refractivity contribution in [1.82, 2.24) is 0 Å². The van der Waals surface area contributed by atoms with E-state index in [0.717, 1.165) is 16.8 Å². The van der Waals surface area contributed by atoms with Crippen molar-refractivity contribution in [3.8, 4) is 0 Å². The van der Waals surface area contributed by atoms with Gasteiger partial charge in [0.2, 0.25) is 0 Å². The minimum absolute atomic E-state index is 0.106. The molecule has 0 unspecified atom stereocenters. The predicted molar refractivity (Wildman–Crippen MR) is 90.7 cm³/mol. The van der Waals surface area contributed by atoms with Crippen LogP contribution >= 0.6 is 0 Å². The molecule has 0 saturated heterocycles. The van der Waals surface area contributed by atoms with E-state index in [2.05, 4.69) is 0 Å². The summed E-state index contributed by atoms with van der Waals surface area (Å²) < 4.78 is 40.1. The van der Waals surface area contributed by atoms with Gasteiger partial charge in [-0.2, -0.15) is 0 Å². The number of halogens is 1. The summed E-state index contributed by atoms with van der Waals surface area (Å²) in [6.07, 6.45) is 0. The Kier molecular flexibility index (Phi) is 3.82. The molecule has 0 aliphatic carbocycles. The second-order valence-electron chi connectivity index (χ2n) is 5.41. The molecule has 0 bridgehead atoms. The van der Waals surface area contributed by atoms with Crippen LogP contribution in [0.5, 0.6) is 0 Å². The summed E-state index contributed by atoms with van der Waals surface area (Å²) in [4.78, 5) is 0.106. The lowest BCUT2D eigenvalue weighted by Gasteiger charge is -2.21. The van der Waals surface area contributed by atoms with Gasteiger partial charge in [0.15, 0.2) is 0 Å². The van der Waals surface area contributed by atoms with Crippen LogP contribution < -0.4 is 4.31 Å². The lowest BCUT2D eigenvalue weighted by molar-refractivity contribution is 0.592. The highest BCUT2D eigenvalue weighted by atomic mass is 32.2. The molecule has 0 radical (unpaired) electrons. The Morgan fingerprint density at radius 1 is 0.913 bits per heavy atom. The van der Waals surface area contributed by atoms with E-state index in [4.69, 9.17) is 0 Å². The van der Waals surface area contributed by atoms with Gasteiger partial charge in [0, 0.05) is 7.05 Å². The summed E-state index contributed by atoms with van der Waals surface area (Å²) in [5, 5.41) is 2.00. The van der Waals surface area contributed by atoms with Crippen LogP contribution in [0.25, 0.3) is 10.8 Å². The van der Waals surface area contributed by atoms with E-state index in [1.807, 2.05) is 36.4 Å². The van der Waals surface area contributed by atoms with Crippen molar-refractivity contribution in [2.45, 2.75) is 11.8 Å². The van der Waals surface area contributed by atoms with Crippen molar-refractivity contribution in [2.75, 3.05) is 11.4 Å². The van der Waals surface area contributed by atoms with E-state index in [1.165, 1.54) is 23.5 Å². The van der Waals surface area contributed by atoms with Crippen molar-refractivity contribution < 1.29 is 12.8 Å². The zero-order chi connectivity index (χ0) is 16.6. The molecule has 3 aromatic rings. The van der Waals surface area contributed by atoms with E-state index >= 15 is 0 Å². The molecule has 0 amide bonds. The first kappa shape index (κ1) is 15.5. The highest BCUT2D eigenvalue weighted by Gasteiger charge is 2.23. The zero-order valence-electron chi connectivity index (χ0n) is 12.8. The van der Waals surface area contributed by atoms with Gasteiger partial charge in [-0.25, -0.2) is 12.8 Å². The Morgan fingerprint density at radius 3 is 2.30 bits per heavy atom. The average Bonchev–Trinajstić information content (AvgIpc) is 2.53. The number of rotatable bonds is 3. The molecule has 0 aliphatic heterocycles. The molecule has 0 fully saturated rings. The van der Waals surface area contributed by atoms with Crippen molar-refractivity contribution in [1.29, 1.82) is 0 Å². The van der Waals surface area contributed by atoms with Crippen LogP contribution in [-0.4, -0.2) is 15.5 Å². The summed E-state index contributed by atoms with van der Waals surface area (Å²) in [7, 11) is -2.24. The number of hydrogen-bond donors (Lipinski definition) is 0. The SMILES string of the molecule is Cc1cc(F)ccc1S(=O)(=O)N(C)c1ccc2ccccc2c1. The summed E-state index contributed by atoms with van der Waals surface area (Å²) in [6, 6.07) is 16.9. The summed E-state index contributed by atoms with van der Waals surface area (Å²) in [5.74, 6) is -0.449. The maximum absolute atomic E-state index is 13.2. The van der Waals surface area contributed by atoms with Gasteiger partial charge in [0.25, 0.3) is 10.0 Å². The molecule has 0 N–H and O–H groups in total. The van der Waals surface area contributed by atoms with Gasteiger partial charge in [0.05, 0.1) is 10.6 Å². The monoisotopic (exact) mass is 329 g/mol. The maximum atomic E-state index is 13.2. The Morgan fingerprint density at radius 2 is 1.61 bits per heavy atom. The van der Waals surface area contributed by atoms with E-state index in [0.29, 0.717) is 11.3 Å². The standard InChI is InChI=1S/C18H16FNO2S/c1-13-11-16(19)8-10-18(13)23(21,22)20(2)17-9-7-14-5-3-4-6-15(14)12-17/h3-12H,1-2H3. The molecular formula is C18H16FNO2S. The number of benzene rings is 3. The smallest absolute Gasteiger partial charge is 0.264 e. The lowest BCUT2D eigenvalue weighted by Crippen LogP contribution is -2.27. The fraction of sp³-hybridized carbons (Fsp3) is 0.111. The molecule has 0 spiro atoms. The molecule has 23 heavy (non-hydrogen) atoms. The number of nitrogens with zero attached hydrogens (tertiary/aromatic N) is 1. The summed E-state index contributed by atoms with van der Waals surface area (Å²) in [6.45, 7) is 1.59. The van der Waals surface area contributed by atoms with Crippen LogP contribution in [0.3, 0.4) is 0 Å². The number of aryl methyl sites for hydroxylation is 1. The molecule has 118 valence electrons. The second-order valence-corrected chi connectivity index (χ2v) is 7.35. The van der Waals surface area contributed by atoms with Crippen molar-refractivity contribution >= 4 is 26.5 Å². The molecule has 5 heteroatoms. The van der Waals surface area contributed by atoms with E-state index in [1.54, 1.807) is 13.0 Å². The van der Waals surface area contributed by atoms with Crippen LogP contribution in [-0.2, 0) is 10.0 Å². The second kappa shape index (κ2) is 5.66. The first-order valence-electron chi connectivity index (χ1n) is 7.13. The van der Waals surface area contributed by atoms with Gasteiger partial charge in [-0.05, 0) is 53.6 Å². The van der Waals surface area contributed by atoms with Gasteiger partial charge in [-0.1, -0.05) is 30.3 Å². The minimum Gasteiger partial charge on any atom is -0.269 e. The first-order valence-corrected chi connectivity index (χ1v) is 8.57. The summed E-state index contributed by atoms with van der Waals surface area (Å²) >= 11 is 0. The molecule has 3 aromatic carbocycles. The third-order valence-corrected chi connectivity index (χ3v) is 5.82. The maximum Gasteiger partial charge on any atom is 0.264 e. The van der Waals surface area contributed by atoms with Crippen LogP contribution in [0.1, 0.15) is 5.56 Å². The number of anilines is 1. The Hall–Kier alpha value is -2.40. The minimum atomic E-state index is -3.74. The fourth-order valence-electron chi connectivity index (χ4n) is 2.56. The third-order valence-electron chi connectivity index (χ3n) is 3.87. The molecule has 3 rings (SSSR count). The average molecular weight is 329 g/mol. The largest absolute Gasteiger partial charge is 0.269 e. The molecular weight excluding hydrogens is 313 g/mol. The van der Waals surface area contributed by atoms with E-state index in [9.17, 15) is 12.8 Å². The molecule has 3 nitrogen and oxygen atoms in total. The van der Waals surface area contributed by atoms with E-state index in [-0.39, 0.29) is 4.90 Å². The van der Waals surface area contributed by atoms with Crippen molar-refractivity contribution in [3.05, 3.63) is 72.0 Å². The first-order chi connectivity index (χ1) is 10.9. The summed E-state index contributed by atoms with van der Waals surface area (Å²) in [5.41, 5.74) is 0.949. The Labute approximate surface area is 135 Å². The van der Waals surface area contributed by atoms with Gasteiger partial charge in [0.1, 0.15) is 5.82 Å². The Balaban J connectivity index is 2.07. The zero-order valence-corrected chi connectivity index (χ0v) is 13.6. The molecule has 0 aromatic heterocycles. The van der Waals surface area contributed by atoms with Gasteiger partial charge >= 0.3 is 0 Å². The molecule has 0 saturated carbocycles. The highest BCUT2D eigenvalue weighted by Crippen LogP contribution is 2.27. The number of sulfonamides is 1. The topological polar surface area (TPSA) is 37.4 Å². The van der Waals surface area contributed by atoms with Gasteiger partial charge in [-0.3, -0.25) is 4.31 Å². The van der Waals surface area contributed by atoms with Crippen molar-refractivity contribution in [3.63, 3.8) is 0 Å². The van der Waals surface area contributed by atoms with Crippen molar-refractivity contribution in [2.24, 2.45) is 0 Å². The predicted octanol–water partition coefficient (Wildman–Crippen LogP) is 4.11. The Bertz CT molecular complexity index is 983. The number of hydrogen-bond acceptors (Lipinski definition) is 2.